The first-order chi connectivity index (χ1) is 9.54. The molecule has 0 radical (unpaired) electrons. The first-order valence-electron chi connectivity index (χ1n) is 6.12. The second-order valence-corrected chi connectivity index (χ2v) is 5.28. The van der Waals surface area contributed by atoms with Gasteiger partial charge in [0.05, 0.1) is 6.54 Å². The van der Waals surface area contributed by atoms with E-state index in [4.69, 9.17) is 28.9 Å². The van der Waals surface area contributed by atoms with Crippen molar-refractivity contribution < 1.29 is 0 Å². The molecule has 0 fully saturated rings. The molecule has 2 rings (SSSR count). The van der Waals surface area contributed by atoms with Gasteiger partial charge in [0.2, 0.25) is 0 Å². The molecule has 0 atom stereocenters. The Morgan fingerprint density at radius 1 is 1.20 bits per heavy atom. The quantitative estimate of drug-likeness (QED) is 0.658. The van der Waals surface area contributed by atoms with Gasteiger partial charge in [-0.2, -0.15) is 0 Å². The number of anilines is 1. The van der Waals surface area contributed by atoms with Crippen LogP contribution in [0.4, 0.5) is 5.69 Å². The van der Waals surface area contributed by atoms with Crippen molar-refractivity contribution in [2.75, 3.05) is 5.32 Å². The van der Waals surface area contributed by atoms with Crippen LogP contribution in [0.3, 0.4) is 0 Å². The van der Waals surface area contributed by atoms with Gasteiger partial charge >= 0.3 is 0 Å². The van der Waals surface area contributed by atoms with E-state index >= 15 is 0 Å². The van der Waals surface area contributed by atoms with E-state index in [1.807, 2.05) is 37.3 Å². The van der Waals surface area contributed by atoms with Gasteiger partial charge in [0.25, 0.3) is 0 Å². The molecule has 0 heterocycles. The van der Waals surface area contributed by atoms with Crippen molar-refractivity contribution in [3.05, 3.63) is 63.6 Å². The van der Waals surface area contributed by atoms with Crippen LogP contribution in [0.5, 0.6) is 0 Å². The lowest BCUT2D eigenvalue weighted by atomic mass is 10.2. The zero-order chi connectivity index (χ0) is 14.5. The van der Waals surface area contributed by atoms with E-state index in [0.29, 0.717) is 22.5 Å². The van der Waals surface area contributed by atoms with Crippen molar-refractivity contribution in [3.63, 3.8) is 0 Å². The van der Waals surface area contributed by atoms with Crippen LogP contribution < -0.4 is 11.1 Å². The van der Waals surface area contributed by atoms with Crippen LogP contribution in [-0.2, 0) is 6.54 Å². The van der Waals surface area contributed by atoms with Crippen LogP contribution in [0.1, 0.15) is 11.1 Å². The highest BCUT2D eigenvalue weighted by molar-refractivity contribution is 6.35. The van der Waals surface area contributed by atoms with Gasteiger partial charge in [0, 0.05) is 15.7 Å². The van der Waals surface area contributed by atoms with Gasteiger partial charge in [0.1, 0.15) is 0 Å². The standard InChI is InChI=1S/C15H15Cl2N3/c1-10-3-2-4-13(7-10)20-15(18)19-9-11-5-6-12(16)8-14(11)17/h2-8H,9H2,1H3,(H3,18,19,20). The van der Waals surface area contributed by atoms with Crippen LogP contribution in [0, 0.1) is 6.92 Å². The molecule has 104 valence electrons. The summed E-state index contributed by atoms with van der Waals surface area (Å²) >= 11 is 11.9. The molecule has 0 unspecified atom stereocenters. The van der Waals surface area contributed by atoms with Crippen LogP contribution in [0.15, 0.2) is 47.5 Å². The number of nitrogens with two attached hydrogens (primary N) is 1. The lowest BCUT2D eigenvalue weighted by Crippen LogP contribution is -2.22. The Kier molecular flexibility index (Phi) is 4.88. The zero-order valence-electron chi connectivity index (χ0n) is 11.0. The summed E-state index contributed by atoms with van der Waals surface area (Å²) < 4.78 is 0. The summed E-state index contributed by atoms with van der Waals surface area (Å²) in [6, 6.07) is 13.2. The van der Waals surface area contributed by atoms with E-state index < -0.39 is 0 Å². The summed E-state index contributed by atoms with van der Waals surface area (Å²) in [7, 11) is 0. The molecule has 3 nitrogen and oxygen atoms in total. The highest BCUT2D eigenvalue weighted by Crippen LogP contribution is 2.21. The Morgan fingerprint density at radius 2 is 2.00 bits per heavy atom. The van der Waals surface area contributed by atoms with Gasteiger partial charge in [-0.3, -0.25) is 0 Å². The normalized spacial score (nSPS) is 11.4. The number of hydrogen-bond acceptors (Lipinski definition) is 1. The lowest BCUT2D eigenvalue weighted by Gasteiger charge is -2.07. The molecule has 0 saturated heterocycles. The summed E-state index contributed by atoms with van der Waals surface area (Å²) in [4.78, 5) is 4.27. The number of hydrogen-bond donors (Lipinski definition) is 2. The molecule has 2 aromatic rings. The Balaban J connectivity index is 2.04. The monoisotopic (exact) mass is 307 g/mol. The first kappa shape index (κ1) is 14.7. The number of aryl methyl sites for hydroxylation is 1. The minimum Gasteiger partial charge on any atom is -0.370 e. The highest BCUT2D eigenvalue weighted by atomic mass is 35.5. The Hall–Kier alpha value is -1.71. The third-order valence-electron chi connectivity index (χ3n) is 2.73. The van der Waals surface area contributed by atoms with Gasteiger partial charge in [0.15, 0.2) is 5.96 Å². The molecule has 3 N–H and O–H groups in total. The molecular formula is C15H15Cl2N3. The number of rotatable bonds is 3. The van der Waals surface area contributed by atoms with E-state index in [-0.39, 0.29) is 0 Å². The fraction of sp³-hybridized carbons (Fsp3) is 0.133. The topological polar surface area (TPSA) is 50.4 Å². The Bertz CT molecular complexity index is 639. The number of benzene rings is 2. The molecule has 5 heteroatoms. The maximum Gasteiger partial charge on any atom is 0.193 e. The molecule has 0 aromatic heterocycles. The number of nitrogens with one attached hydrogen (secondary N) is 1. The molecule has 0 spiro atoms. The summed E-state index contributed by atoms with van der Waals surface area (Å²) in [6.45, 7) is 2.42. The van der Waals surface area contributed by atoms with Crippen LogP contribution in [-0.4, -0.2) is 5.96 Å². The van der Waals surface area contributed by atoms with Crippen molar-refractivity contribution >= 4 is 34.8 Å². The fourth-order valence-corrected chi connectivity index (χ4v) is 2.20. The Morgan fingerprint density at radius 3 is 2.70 bits per heavy atom. The van der Waals surface area contributed by atoms with E-state index in [9.17, 15) is 0 Å². The summed E-state index contributed by atoms with van der Waals surface area (Å²) in [5, 5.41) is 4.24. The van der Waals surface area contributed by atoms with Crippen molar-refractivity contribution in [2.24, 2.45) is 10.7 Å². The van der Waals surface area contributed by atoms with Gasteiger partial charge in [-0.25, -0.2) is 4.99 Å². The molecule has 0 aliphatic rings. The zero-order valence-corrected chi connectivity index (χ0v) is 12.5. The molecule has 0 aliphatic heterocycles. The molecular weight excluding hydrogens is 293 g/mol. The summed E-state index contributed by atoms with van der Waals surface area (Å²) in [5.41, 5.74) is 8.80. The van der Waals surface area contributed by atoms with Crippen molar-refractivity contribution in [2.45, 2.75) is 13.5 Å². The smallest absolute Gasteiger partial charge is 0.193 e. The van der Waals surface area contributed by atoms with Crippen molar-refractivity contribution in [3.8, 4) is 0 Å². The summed E-state index contributed by atoms with van der Waals surface area (Å²) in [6.07, 6.45) is 0. The largest absolute Gasteiger partial charge is 0.370 e. The molecule has 0 bridgehead atoms. The maximum absolute atomic E-state index is 6.08. The second-order valence-electron chi connectivity index (χ2n) is 4.43. The molecule has 0 aliphatic carbocycles. The third kappa shape index (κ3) is 4.15. The van der Waals surface area contributed by atoms with Gasteiger partial charge in [-0.1, -0.05) is 41.4 Å². The minimum absolute atomic E-state index is 0.349. The third-order valence-corrected chi connectivity index (χ3v) is 3.31. The molecule has 0 amide bonds. The van der Waals surface area contributed by atoms with E-state index in [1.54, 1.807) is 12.1 Å². The SMILES string of the molecule is Cc1cccc(NC(N)=NCc2ccc(Cl)cc2Cl)c1. The molecule has 2 aromatic carbocycles. The minimum atomic E-state index is 0.349. The predicted molar refractivity (Wildman–Crippen MR) is 86.6 cm³/mol. The number of guanidine groups is 1. The molecule has 0 saturated carbocycles. The van der Waals surface area contributed by atoms with E-state index in [1.165, 1.54) is 0 Å². The first-order valence-corrected chi connectivity index (χ1v) is 6.88. The second kappa shape index (κ2) is 6.64. The average molecular weight is 308 g/mol. The molecule has 20 heavy (non-hydrogen) atoms. The van der Waals surface area contributed by atoms with Crippen LogP contribution in [0.25, 0.3) is 0 Å². The van der Waals surface area contributed by atoms with E-state index in [0.717, 1.165) is 16.8 Å². The fourth-order valence-electron chi connectivity index (χ4n) is 1.73. The van der Waals surface area contributed by atoms with Gasteiger partial charge < -0.3 is 11.1 Å². The number of nitrogens with zero attached hydrogens (tertiary/aromatic N) is 1. The van der Waals surface area contributed by atoms with Crippen molar-refractivity contribution in [1.82, 2.24) is 0 Å². The van der Waals surface area contributed by atoms with E-state index in [2.05, 4.69) is 10.3 Å². The van der Waals surface area contributed by atoms with Gasteiger partial charge in [-0.15, -0.1) is 0 Å². The highest BCUT2D eigenvalue weighted by Gasteiger charge is 2.01. The average Bonchev–Trinajstić information content (AvgIpc) is 2.37. The lowest BCUT2D eigenvalue weighted by molar-refractivity contribution is 1.06. The number of halogens is 2. The van der Waals surface area contributed by atoms with Crippen LogP contribution >= 0.6 is 23.2 Å². The maximum atomic E-state index is 6.08. The predicted octanol–water partition coefficient (Wildman–Crippen LogP) is 4.23. The van der Waals surface area contributed by atoms with Crippen LogP contribution in [0.2, 0.25) is 10.0 Å². The number of aliphatic imine (C=N–C) groups is 1. The summed E-state index contributed by atoms with van der Waals surface area (Å²) in [5.74, 6) is 0.349. The van der Waals surface area contributed by atoms with Crippen molar-refractivity contribution in [1.29, 1.82) is 0 Å². The Labute approximate surface area is 128 Å². The van der Waals surface area contributed by atoms with Gasteiger partial charge in [-0.05, 0) is 42.3 Å².